The van der Waals surface area contributed by atoms with Crippen LogP contribution >= 0.6 is 15.9 Å². The van der Waals surface area contributed by atoms with Gasteiger partial charge in [0.1, 0.15) is 0 Å². The van der Waals surface area contributed by atoms with E-state index in [-0.39, 0.29) is 18.4 Å². The fourth-order valence-corrected chi connectivity index (χ4v) is 2.79. The van der Waals surface area contributed by atoms with E-state index in [1.165, 1.54) is 0 Å². The highest BCUT2D eigenvalue weighted by Crippen LogP contribution is 2.30. The first-order valence-electron chi connectivity index (χ1n) is 6.37. The van der Waals surface area contributed by atoms with E-state index in [0.29, 0.717) is 5.92 Å². The van der Waals surface area contributed by atoms with E-state index in [2.05, 4.69) is 21.2 Å². The van der Waals surface area contributed by atoms with Gasteiger partial charge in [-0.2, -0.15) is 0 Å². The number of aliphatic hydroxyl groups is 1. The zero-order chi connectivity index (χ0) is 13.0. The monoisotopic (exact) mass is 311 g/mol. The number of carbonyl (C=O) groups excluding carboxylic acids is 1. The summed E-state index contributed by atoms with van der Waals surface area (Å²) >= 11 is 3.42. The number of para-hydroxylation sites is 1. The third-order valence-electron chi connectivity index (χ3n) is 3.61. The van der Waals surface area contributed by atoms with Gasteiger partial charge < -0.3 is 10.4 Å². The molecule has 1 aromatic rings. The summed E-state index contributed by atoms with van der Waals surface area (Å²) in [5.74, 6) is 0.565. The molecule has 0 unspecified atom stereocenters. The molecule has 2 rings (SSSR count). The van der Waals surface area contributed by atoms with Crippen molar-refractivity contribution >= 4 is 27.5 Å². The van der Waals surface area contributed by atoms with E-state index in [4.69, 9.17) is 5.11 Å². The summed E-state index contributed by atoms with van der Waals surface area (Å²) in [4.78, 5) is 12.1. The molecule has 0 saturated heterocycles. The fourth-order valence-electron chi connectivity index (χ4n) is 2.40. The van der Waals surface area contributed by atoms with Gasteiger partial charge in [0.2, 0.25) is 5.91 Å². The van der Waals surface area contributed by atoms with Gasteiger partial charge in [-0.25, -0.2) is 0 Å². The number of anilines is 1. The summed E-state index contributed by atoms with van der Waals surface area (Å²) < 4.78 is 0.905. The zero-order valence-electron chi connectivity index (χ0n) is 10.2. The van der Waals surface area contributed by atoms with Crippen molar-refractivity contribution in [1.29, 1.82) is 0 Å². The molecule has 2 N–H and O–H groups in total. The van der Waals surface area contributed by atoms with E-state index >= 15 is 0 Å². The Labute approximate surface area is 116 Å². The van der Waals surface area contributed by atoms with Crippen molar-refractivity contribution in [2.75, 3.05) is 11.9 Å². The molecule has 0 spiro atoms. The lowest BCUT2D eigenvalue weighted by Crippen LogP contribution is -2.28. The molecule has 1 amide bonds. The van der Waals surface area contributed by atoms with Crippen LogP contribution in [-0.2, 0) is 4.79 Å². The Morgan fingerprint density at radius 1 is 1.28 bits per heavy atom. The van der Waals surface area contributed by atoms with Crippen LogP contribution in [0.4, 0.5) is 5.69 Å². The van der Waals surface area contributed by atoms with E-state index in [1.54, 1.807) is 0 Å². The average Bonchev–Trinajstić information content (AvgIpc) is 2.41. The quantitative estimate of drug-likeness (QED) is 0.900. The molecule has 4 heteroatoms. The van der Waals surface area contributed by atoms with Crippen LogP contribution in [0.2, 0.25) is 0 Å². The van der Waals surface area contributed by atoms with Gasteiger partial charge in [0.15, 0.2) is 0 Å². The van der Waals surface area contributed by atoms with Crippen molar-refractivity contribution in [2.24, 2.45) is 11.8 Å². The Hall–Kier alpha value is -0.870. The molecule has 3 nitrogen and oxygen atoms in total. The highest BCUT2D eigenvalue weighted by atomic mass is 79.9. The van der Waals surface area contributed by atoms with Crippen molar-refractivity contribution in [3.63, 3.8) is 0 Å². The molecule has 18 heavy (non-hydrogen) atoms. The molecule has 0 atom stereocenters. The van der Waals surface area contributed by atoms with E-state index in [0.717, 1.165) is 35.8 Å². The van der Waals surface area contributed by atoms with Crippen molar-refractivity contribution in [1.82, 2.24) is 0 Å². The van der Waals surface area contributed by atoms with Crippen LogP contribution in [0, 0.1) is 11.8 Å². The van der Waals surface area contributed by atoms with E-state index < -0.39 is 0 Å². The van der Waals surface area contributed by atoms with Crippen molar-refractivity contribution in [3.8, 4) is 0 Å². The van der Waals surface area contributed by atoms with Crippen LogP contribution in [0.1, 0.15) is 25.7 Å². The van der Waals surface area contributed by atoms with Gasteiger partial charge in [0.05, 0.1) is 5.69 Å². The van der Waals surface area contributed by atoms with Gasteiger partial charge in [0.25, 0.3) is 0 Å². The number of carbonyl (C=O) groups is 1. The Kier molecular flexibility index (Phi) is 4.78. The standard InChI is InChI=1S/C14H18BrNO2/c15-12-3-1-2-4-13(12)16-14(18)11-7-5-10(9-17)6-8-11/h1-4,10-11,17H,5-9H2,(H,16,18). The number of benzene rings is 1. The number of hydrogen-bond donors (Lipinski definition) is 2. The maximum Gasteiger partial charge on any atom is 0.227 e. The Morgan fingerprint density at radius 3 is 2.56 bits per heavy atom. The predicted octanol–water partition coefficient (Wildman–Crippen LogP) is 3.19. The number of rotatable bonds is 3. The lowest BCUT2D eigenvalue weighted by molar-refractivity contribution is -0.121. The van der Waals surface area contributed by atoms with Crippen LogP contribution in [0.15, 0.2) is 28.7 Å². The first-order valence-corrected chi connectivity index (χ1v) is 7.16. The SMILES string of the molecule is O=C(Nc1ccccc1Br)C1CCC(CO)CC1. The zero-order valence-corrected chi connectivity index (χ0v) is 11.8. The lowest BCUT2D eigenvalue weighted by Gasteiger charge is -2.26. The minimum Gasteiger partial charge on any atom is -0.396 e. The van der Waals surface area contributed by atoms with Crippen molar-refractivity contribution in [3.05, 3.63) is 28.7 Å². The second-order valence-corrected chi connectivity index (χ2v) is 5.72. The van der Waals surface area contributed by atoms with Crippen LogP contribution in [0.5, 0.6) is 0 Å². The highest BCUT2D eigenvalue weighted by molar-refractivity contribution is 9.10. The molecule has 1 saturated carbocycles. The van der Waals surface area contributed by atoms with Gasteiger partial charge in [-0.05, 0) is 59.7 Å². The summed E-state index contributed by atoms with van der Waals surface area (Å²) in [5.41, 5.74) is 0.826. The van der Waals surface area contributed by atoms with Crippen LogP contribution in [0.25, 0.3) is 0 Å². The minimum absolute atomic E-state index is 0.0832. The van der Waals surface area contributed by atoms with E-state index in [1.807, 2.05) is 24.3 Å². The number of halogens is 1. The second kappa shape index (κ2) is 6.34. The van der Waals surface area contributed by atoms with Crippen LogP contribution < -0.4 is 5.32 Å². The average molecular weight is 312 g/mol. The lowest BCUT2D eigenvalue weighted by atomic mass is 9.82. The molecule has 0 aliphatic heterocycles. The van der Waals surface area contributed by atoms with Crippen molar-refractivity contribution in [2.45, 2.75) is 25.7 Å². The molecule has 0 radical (unpaired) electrons. The second-order valence-electron chi connectivity index (χ2n) is 4.87. The Balaban J connectivity index is 1.91. The molecule has 1 aromatic carbocycles. The van der Waals surface area contributed by atoms with Gasteiger partial charge in [-0.1, -0.05) is 12.1 Å². The molecule has 98 valence electrons. The summed E-state index contributed by atoms with van der Waals surface area (Å²) in [5, 5.41) is 12.0. The molecule has 0 aromatic heterocycles. The Morgan fingerprint density at radius 2 is 1.94 bits per heavy atom. The third-order valence-corrected chi connectivity index (χ3v) is 4.30. The molecular formula is C14H18BrNO2. The normalized spacial score (nSPS) is 23.7. The van der Waals surface area contributed by atoms with E-state index in [9.17, 15) is 4.79 Å². The first kappa shape index (κ1) is 13.6. The first-order chi connectivity index (χ1) is 8.70. The fraction of sp³-hybridized carbons (Fsp3) is 0.500. The van der Waals surface area contributed by atoms with Gasteiger partial charge >= 0.3 is 0 Å². The maximum absolute atomic E-state index is 12.1. The largest absolute Gasteiger partial charge is 0.396 e. The summed E-state index contributed by atoms with van der Waals surface area (Å²) in [6, 6.07) is 7.63. The van der Waals surface area contributed by atoms with Gasteiger partial charge in [-0.3, -0.25) is 4.79 Å². The topological polar surface area (TPSA) is 49.3 Å². The molecule has 1 aliphatic rings. The van der Waals surface area contributed by atoms with Gasteiger partial charge in [0, 0.05) is 17.0 Å². The number of nitrogens with one attached hydrogen (secondary N) is 1. The number of amides is 1. The third kappa shape index (κ3) is 3.33. The summed E-state index contributed by atoms with van der Waals surface area (Å²) in [6.07, 6.45) is 3.65. The molecular weight excluding hydrogens is 294 g/mol. The molecule has 1 aliphatic carbocycles. The Bertz CT molecular complexity index is 414. The smallest absolute Gasteiger partial charge is 0.227 e. The van der Waals surface area contributed by atoms with Gasteiger partial charge in [-0.15, -0.1) is 0 Å². The predicted molar refractivity (Wildman–Crippen MR) is 75.3 cm³/mol. The van der Waals surface area contributed by atoms with Crippen LogP contribution in [-0.4, -0.2) is 17.6 Å². The molecule has 1 fully saturated rings. The maximum atomic E-state index is 12.1. The minimum atomic E-state index is 0.0832. The van der Waals surface area contributed by atoms with Crippen LogP contribution in [0.3, 0.4) is 0 Å². The summed E-state index contributed by atoms with van der Waals surface area (Å²) in [6.45, 7) is 0.249. The number of aliphatic hydroxyl groups excluding tert-OH is 1. The van der Waals surface area contributed by atoms with Crippen molar-refractivity contribution < 1.29 is 9.90 Å². The molecule has 0 bridgehead atoms. The molecule has 0 heterocycles. The number of hydrogen-bond acceptors (Lipinski definition) is 2. The highest BCUT2D eigenvalue weighted by Gasteiger charge is 2.26. The summed E-state index contributed by atoms with van der Waals surface area (Å²) in [7, 11) is 0.